The molecule has 0 saturated carbocycles. The molecule has 2 aromatic heterocycles. The summed E-state index contributed by atoms with van der Waals surface area (Å²) in [5.74, 6) is 1.13. The summed E-state index contributed by atoms with van der Waals surface area (Å²) in [6, 6.07) is 1.95. The van der Waals surface area contributed by atoms with E-state index in [4.69, 9.17) is 18.6 Å². The Morgan fingerprint density at radius 3 is 2.52 bits per heavy atom. The summed E-state index contributed by atoms with van der Waals surface area (Å²) in [6.45, 7) is 6.64. The summed E-state index contributed by atoms with van der Waals surface area (Å²) in [6.07, 6.45) is 2.60. The Hall–Kier alpha value is -1.80. The van der Waals surface area contributed by atoms with E-state index in [1.165, 1.54) is 0 Å². The average molecular weight is 441 g/mol. The van der Waals surface area contributed by atoms with Crippen molar-refractivity contribution in [1.29, 1.82) is 0 Å². The molecular formula is C19H25BrN2O5. The highest BCUT2D eigenvalue weighted by molar-refractivity contribution is 9.10. The third-order valence-electron chi connectivity index (χ3n) is 4.73. The van der Waals surface area contributed by atoms with Crippen LogP contribution in [0.2, 0.25) is 0 Å². The van der Waals surface area contributed by atoms with Gasteiger partial charge in [0, 0.05) is 49.1 Å². The van der Waals surface area contributed by atoms with E-state index in [9.17, 15) is 4.79 Å². The Bertz CT molecular complexity index is 834. The van der Waals surface area contributed by atoms with Gasteiger partial charge in [-0.2, -0.15) is 0 Å². The third kappa shape index (κ3) is 3.91. The van der Waals surface area contributed by atoms with Gasteiger partial charge in [-0.25, -0.2) is 9.78 Å². The molecule has 7 nitrogen and oxygen atoms in total. The molecule has 0 atom stereocenters. The van der Waals surface area contributed by atoms with E-state index in [1.807, 2.05) is 26.8 Å². The second-order valence-electron chi connectivity index (χ2n) is 7.63. The van der Waals surface area contributed by atoms with Crippen LogP contribution in [0.5, 0.6) is 5.88 Å². The maximum absolute atomic E-state index is 12.3. The molecule has 1 fully saturated rings. The lowest BCUT2D eigenvalue weighted by Crippen LogP contribution is -2.47. The predicted octanol–water partition coefficient (Wildman–Crippen LogP) is 4.47. The van der Waals surface area contributed by atoms with Crippen molar-refractivity contribution in [2.24, 2.45) is 0 Å². The van der Waals surface area contributed by atoms with Crippen LogP contribution >= 0.6 is 15.9 Å². The molecule has 0 aliphatic carbocycles. The number of methoxy groups -OCH3 is 2. The van der Waals surface area contributed by atoms with Gasteiger partial charge in [0.2, 0.25) is 0 Å². The zero-order valence-corrected chi connectivity index (χ0v) is 17.9. The normalized spacial score (nSPS) is 17.2. The first-order valence-corrected chi connectivity index (χ1v) is 9.64. The van der Waals surface area contributed by atoms with Gasteiger partial charge in [0.05, 0.1) is 7.11 Å². The molecular weight excluding hydrogens is 416 g/mol. The maximum Gasteiger partial charge on any atom is 0.410 e. The average Bonchev–Trinajstić information content (AvgIpc) is 3.07. The number of furan rings is 1. The number of fused-ring (bicyclic) bond motifs is 1. The van der Waals surface area contributed by atoms with Gasteiger partial charge in [-0.05, 0) is 42.8 Å². The number of aromatic nitrogens is 1. The van der Waals surface area contributed by atoms with Crippen molar-refractivity contribution in [3.63, 3.8) is 0 Å². The summed E-state index contributed by atoms with van der Waals surface area (Å²) in [4.78, 5) is 18.3. The molecule has 1 aliphatic heterocycles. The molecule has 0 bridgehead atoms. The molecule has 3 rings (SSSR count). The Morgan fingerprint density at radius 1 is 1.30 bits per heavy atom. The fourth-order valence-electron chi connectivity index (χ4n) is 3.27. The monoisotopic (exact) mass is 440 g/mol. The Balaban J connectivity index is 1.85. The highest BCUT2D eigenvalue weighted by Gasteiger charge is 2.41. The molecule has 0 radical (unpaired) electrons. The predicted molar refractivity (Wildman–Crippen MR) is 104 cm³/mol. The van der Waals surface area contributed by atoms with E-state index < -0.39 is 11.2 Å². The summed E-state index contributed by atoms with van der Waals surface area (Å²) >= 11 is 3.51. The van der Waals surface area contributed by atoms with Crippen LogP contribution in [0.3, 0.4) is 0 Å². The van der Waals surface area contributed by atoms with Gasteiger partial charge in [0.25, 0.3) is 5.88 Å². The number of likely N-dealkylation sites (tertiary alicyclic amines) is 1. The zero-order chi connectivity index (χ0) is 19.8. The lowest BCUT2D eigenvalue weighted by molar-refractivity contribution is -0.0769. The molecule has 0 unspecified atom stereocenters. The largest absolute Gasteiger partial charge is 0.478 e. The smallest absolute Gasteiger partial charge is 0.410 e. The van der Waals surface area contributed by atoms with Crippen LogP contribution in [-0.4, -0.2) is 48.9 Å². The fourth-order valence-corrected chi connectivity index (χ4v) is 3.67. The lowest BCUT2D eigenvalue weighted by atomic mass is 9.88. The number of amides is 1. The van der Waals surface area contributed by atoms with Gasteiger partial charge in [-0.1, -0.05) is 0 Å². The van der Waals surface area contributed by atoms with Crippen molar-refractivity contribution in [2.45, 2.75) is 44.8 Å². The van der Waals surface area contributed by atoms with Crippen LogP contribution in [0.15, 0.2) is 21.2 Å². The van der Waals surface area contributed by atoms with E-state index in [1.54, 1.807) is 25.3 Å². The Morgan fingerprint density at radius 2 is 1.96 bits per heavy atom. The van der Waals surface area contributed by atoms with Gasteiger partial charge in [-0.15, -0.1) is 0 Å². The molecule has 2 aromatic rings. The van der Waals surface area contributed by atoms with Gasteiger partial charge in [0.1, 0.15) is 17.0 Å². The SMILES string of the molecule is COc1ncc(Br)c2cc(C3(OC)CCN(C(=O)OC(C)(C)C)CC3)oc12. The molecule has 8 heteroatoms. The number of piperidine rings is 1. The van der Waals surface area contributed by atoms with Crippen molar-refractivity contribution in [2.75, 3.05) is 27.3 Å². The maximum atomic E-state index is 12.3. The van der Waals surface area contributed by atoms with E-state index in [2.05, 4.69) is 20.9 Å². The molecule has 1 amide bonds. The number of ether oxygens (including phenoxy) is 3. The molecule has 1 saturated heterocycles. The van der Waals surface area contributed by atoms with Crippen LogP contribution in [-0.2, 0) is 15.1 Å². The van der Waals surface area contributed by atoms with E-state index >= 15 is 0 Å². The lowest BCUT2D eigenvalue weighted by Gasteiger charge is -2.39. The molecule has 0 aromatic carbocycles. The second kappa shape index (κ2) is 7.31. The van der Waals surface area contributed by atoms with E-state index in [0.29, 0.717) is 43.2 Å². The van der Waals surface area contributed by atoms with Gasteiger partial charge >= 0.3 is 6.09 Å². The Kier molecular flexibility index (Phi) is 5.40. The third-order valence-corrected chi connectivity index (χ3v) is 5.37. The fraction of sp³-hybridized carbons (Fsp3) is 0.579. The number of hydrogen-bond donors (Lipinski definition) is 0. The highest BCUT2D eigenvalue weighted by atomic mass is 79.9. The minimum Gasteiger partial charge on any atom is -0.478 e. The summed E-state index contributed by atoms with van der Waals surface area (Å²) in [7, 11) is 3.23. The first kappa shape index (κ1) is 19.9. The number of hydrogen-bond acceptors (Lipinski definition) is 6. The number of pyridine rings is 1. The first-order chi connectivity index (χ1) is 12.7. The van der Waals surface area contributed by atoms with Crippen molar-refractivity contribution < 1.29 is 23.4 Å². The number of carbonyl (C=O) groups is 1. The van der Waals surface area contributed by atoms with Crippen molar-refractivity contribution in [3.05, 3.63) is 22.5 Å². The first-order valence-electron chi connectivity index (χ1n) is 8.85. The number of carbonyl (C=O) groups excluding carboxylic acids is 1. The summed E-state index contributed by atoms with van der Waals surface area (Å²) < 4.78 is 23.6. The van der Waals surface area contributed by atoms with E-state index in [0.717, 1.165) is 9.86 Å². The number of nitrogens with zero attached hydrogens (tertiary/aromatic N) is 2. The summed E-state index contributed by atoms with van der Waals surface area (Å²) in [5, 5.41) is 0.878. The van der Waals surface area contributed by atoms with E-state index in [-0.39, 0.29) is 6.09 Å². The van der Waals surface area contributed by atoms with Gasteiger partial charge < -0.3 is 23.5 Å². The summed E-state index contributed by atoms with van der Waals surface area (Å²) in [5.41, 5.74) is -0.545. The van der Waals surface area contributed by atoms with Crippen LogP contribution in [0.4, 0.5) is 4.79 Å². The zero-order valence-electron chi connectivity index (χ0n) is 16.3. The standard InChI is InChI=1S/C19H25BrN2O5/c1-18(2,3)27-17(23)22-8-6-19(25-5,7-9-22)14-10-12-13(20)11-21-16(24-4)15(12)26-14/h10-11H,6-9H2,1-5H3. The van der Waals surface area contributed by atoms with Crippen LogP contribution in [0.1, 0.15) is 39.4 Å². The number of halogens is 1. The van der Waals surface area contributed by atoms with Crippen molar-refractivity contribution in [1.82, 2.24) is 9.88 Å². The van der Waals surface area contributed by atoms with Gasteiger partial charge in [-0.3, -0.25) is 0 Å². The molecule has 0 spiro atoms. The second-order valence-corrected chi connectivity index (χ2v) is 8.49. The van der Waals surface area contributed by atoms with Crippen LogP contribution in [0, 0.1) is 0 Å². The molecule has 1 aliphatic rings. The minimum absolute atomic E-state index is 0.301. The highest BCUT2D eigenvalue weighted by Crippen LogP contribution is 2.42. The van der Waals surface area contributed by atoms with Crippen molar-refractivity contribution >= 4 is 33.0 Å². The van der Waals surface area contributed by atoms with Crippen LogP contribution < -0.4 is 4.74 Å². The molecule has 0 N–H and O–H groups in total. The molecule has 148 valence electrons. The Labute approximate surface area is 167 Å². The molecule has 3 heterocycles. The quantitative estimate of drug-likeness (QED) is 0.700. The number of rotatable bonds is 3. The topological polar surface area (TPSA) is 74.0 Å². The molecule has 27 heavy (non-hydrogen) atoms. The van der Waals surface area contributed by atoms with Gasteiger partial charge in [0.15, 0.2) is 5.58 Å². The van der Waals surface area contributed by atoms with Crippen LogP contribution in [0.25, 0.3) is 11.0 Å². The minimum atomic E-state index is -0.609. The van der Waals surface area contributed by atoms with Crippen molar-refractivity contribution in [3.8, 4) is 5.88 Å².